The number of primary amides is 1. The summed E-state index contributed by atoms with van der Waals surface area (Å²) in [6, 6.07) is 8.38. The molecule has 0 aliphatic heterocycles. The summed E-state index contributed by atoms with van der Waals surface area (Å²) >= 11 is 0. The lowest BCUT2D eigenvalue weighted by atomic mass is 9.96. The number of aryl methyl sites for hydroxylation is 1. The topological polar surface area (TPSA) is 151 Å². The number of urea groups is 1. The van der Waals surface area contributed by atoms with Crippen molar-refractivity contribution in [3.8, 4) is 0 Å². The van der Waals surface area contributed by atoms with Gasteiger partial charge in [0, 0.05) is 11.9 Å². The summed E-state index contributed by atoms with van der Waals surface area (Å²) in [6.45, 7) is 1.46. The molecule has 1 atom stereocenters. The molecule has 3 aromatic rings. The van der Waals surface area contributed by atoms with Crippen LogP contribution in [-0.4, -0.2) is 31.6 Å². The zero-order valence-corrected chi connectivity index (χ0v) is 19.8. The van der Waals surface area contributed by atoms with Crippen LogP contribution in [0.5, 0.6) is 0 Å². The Morgan fingerprint density at radius 2 is 1.67 bits per heavy atom. The molecule has 0 bridgehead atoms. The third-order valence-corrected chi connectivity index (χ3v) is 6.33. The summed E-state index contributed by atoms with van der Waals surface area (Å²) in [4.78, 5) is 39.1. The predicted octanol–water partition coefficient (Wildman–Crippen LogP) is 3.12. The molecule has 0 spiro atoms. The molecule has 36 heavy (non-hydrogen) atoms. The molecule has 0 saturated heterocycles. The van der Waals surface area contributed by atoms with E-state index < -0.39 is 50.7 Å². The molecule has 0 radical (unpaired) electrons. The van der Waals surface area contributed by atoms with Crippen molar-refractivity contribution in [1.29, 1.82) is 0 Å². The van der Waals surface area contributed by atoms with Crippen LogP contribution >= 0.6 is 0 Å². The third-order valence-electron chi connectivity index (χ3n) is 5.21. The number of carbonyl (C=O) groups excluding carboxylic acids is 2. The number of nitrogens with one attached hydrogen (secondary N) is 3. The van der Waals surface area contributed by atoms with Crippen LogP contribution in [0, 0.1) is 6.92 Å². The Morgan fingerprint density at radius 1 is 1.03 bits per heavy atom. The van der Waals surface area contributed by atoms with Crippen molar-refractivity contribution in [3.63, 3.8) is 0 Å². The number of H-pyrrole nitrogens is 1. The number of hydrogen-bond acceptors (Lipinski definition) is 5. The van der Waals surface area contributed by atoms with Gasteiger partial charge in [-0.05, 0) is 48.4 Å². The number of carbonyl (C=O) groups is 2. The van der Waals surface area contributed by atoms with Crippen LogP contribution < -0.4 is 21.9 Å². The number of nitrogens with two attached hydrogens (primary N) is 1. The van der Waals surface area contributed by atoms with Gasteiger partial charge in [0.2, 0.25) is 0 Å². The van der Waals surface area contributed by atoms with E-state index in [1.54, 1.807) is 0 Å². The minimum Gasteiger partial charge on any atom is -0.351 e. The third kappa shape index (κ3) is 6.10. The van der Waals surface area contributed by atoms with E-state index in [1.807, 2.05) is 0 Å². The van der Waals surface area contributed by atoms with Crippen LogP contribution in [-0.2, 0) is 16.0 Å². The Bertz CT molecular complexity index is 1480. The van der Waals surface area contributed by atoms with E-state index >= 15 is 0 Å². The molecule has 1 heterocycles. The maximum atomic E-state index is 13.3. The molecule has 1 aromatic heterocycles. The molecule has 3 rings (SSSR count). The van der Waals surface area contributed by atoms with Crippen LogP contribution in [0.25, 0.3) is 0 Å². The largest absolute Gasteiger partial charge is 0.416 e. The van der Waals surface area contributed by atoms with E-state index in [9.17, 15) is 36.0 Å². The molecule has 0 aliphatic carbocycles. The van der Waals surface area contributed by atoms with Gasteiger partial charge < -0.3 is 21.4 Å². The normalized spacial score (nSPS) is 12.6. The first-order valence-electron chi connectivity index (χ1n) is 10.2. The molecule has 0 saturated carbocycles. The Morgan fingerprint density at radius 3 is 2.22 bits per heavy atom. The fraction of sp³-hybridized carbons (Fsp3) is 0.174. The fourth-order valence-electron chi connectivity index (χ4n) is 3.42. The standard InChI is InChI=1S/C23H21F3N4O5S/c1-12-18(29-22(27)33)11-17(20(31)28-12)21(32)30-19(13-6-8-16(9-7-13)36(2,34)35)14-4-3-5-15(10-14)23(24,25)26/h3-11,19H,1-2H3,(H,28,31)(H,30,32)(H3,27,29,33). The number of halogens is 3. The molecular formula is C23H21F3N4O5S. The number of pyridine rings is 1. The smallest absolute Gasteiger partial charge is 0.351 e. The monoisotopic (exact) mass is 522 g/mol. The van der Waals surface area contributed by atoms with Gasteiger partial charge in [-0.15, -0.1) is 0 Å². The van der Waals surface area contributed by atoms with Crippen molar-refractivity contribution < 1.29 is 31.2 Å². The zero-order chi connectivity index (χ0) is 26.8. The number of aromatic amines is 1. The highest BCUT2D eigenvalue weighted by Gasteiger charge is 2.31. The van der Waals surface area contributed by atoms with Crippen LogP contribution in [0.3, 0.4) is 0 Å². The van der Waals surface area contributed by atoms with Gasteiger partial charge in [-0.1, -0.05) is 24.3 Å². The molecule has 13 heteroatoms. The highest BCUT2D eigenvalue weighted by molar-refractivity contribution is 7.90. The quantitative estimate of drug-likeness (QED) is 0.392. The van der Waals surface area contributed by atoms with E-state index in [2.05, 4.69) is 15.6 Å². The van der Waals surface area contributed by atoms with Crippen molar-refractivity contribution >= 4 is 27.5 Å². The first-order valence-corrected chi connectivity index (χ1v) is 12.1. The summed E-state index contributed by atoms with van der Waals surface area (Å²) in [6.07, 6.45) is -3.66. The van der Waals surface area contributed by atoms with Crippen molar-refractivity contribution in [3.05, 3.63) is 92.9 Å². The van der Waals surface area contributed by atoms with Gasteiger partial charge in [-0.2, -0.15) is 13.2 Å². The molecule has 0 fully saturated rings. The van der Waals surface area contributed by atoms with E-state index in [0.717, 1.165) is 30.5 Å². The number of alkyl halides is 3. The van der Waals surface area contributed by atoms with Crippen molar-refractivity contribution in [1.82, 2.24) is 10.3 Å². The van der Waals surface area contributed by atoms with E-state index in [1.165, 1.54) is 37.3 Å². The first kappa shape index (κ1) is 26.5. The number of aromatic nitrogens is 1. The average Bonchev–Trinajstić information content (AvgIpc) is 2.78. The van der Waals surface area contributed by atoms with E-state index in [4.69, 9.17) is 5.73 Å². The second-order valence-electron chi connectivity index (χ2n) is 7.91. The van der Waals surface area contributed by atoms with Gasteiger partial charge >= 0.3 is 12.2 Å². The number of benzene rings is 2. The van der Waals surface area contributed by atoms with Crippen molar-refractivity contribution in [2.45, 2.75) is 24.0 Å². The number of amides is 3. The average molecular weight is 523 g/mol. The summed E-state index contributed by atoms with van der Waals surface area (Å²) < 4.78 is 63.6. The minimum absolute atomic E-state index is 0.0301. The number of hydrogen-bond donors (Lipinski definition) is 4. The van der Waals surface area contributed by atoms with Crippen LogP contribution in [0.1, 0.15) is 38.8 Å². The molecule has 2 aromatic carbocycles. The maximum Gasteiger partial charge on any atom is 0.416 e. The first-order chi connectivity index (χ1) is 16.7. The Hall–Kier alpha value is -4.13. The number of sulfone groups is 1. The SMILES string of the molecule is Cc1[nH]c(=O)c(C(=O)NC(c2ccc(S(C)(=O)=O)cc2)c2cccc(C(F)(F)F)c2)cc1NC(N)=O. The lowest BCUT2D eigenvalue weighted by Crippen LogP contribution is -2.34. The molecule has 5 N–H and O–H groups in total. The van der Waals surface area contributed by atoms with E-state index in [-0.39, 0.29) is 27.4 Å². The Kier molecular flexibility index (Phi) is 7.25. The number of rotatable bonds is 6. The predicted molar refractivity (Wildman–Crippen MR) is 125 cm³/mol. The van der Waals surface area contributed by atoms with Gasteiger partial charge in [0.15, 0.2) is 9.84 Å². The summed E-state index contributed by atoms with van der Waals surface area (Å²) in [5, 5.41) is 4.79. The van der Waals surface area contributed by atoms with Crippen LogP contribution in [0.4, 0.5) is 23.7 Å². The maximum absolute atomic E-state index is 13.3. The molecule has 9 nitrogen and oxygen atoms in total. The van der Waals surface area contributed by atoms with Gasteiger partial charge in [-0.3, -0.25) is 9.59 Å². The highest BCUT2D eigenvalue weighted by Crippen LogP contribution is 2.32. The summed E-state index contributed by atoms with van der Waals surface area (Å²) in [5.41, 5.74) is 3.46. The van der Waals surface area contributed by atoms with Gasteiger partial charge in [-0.25, -0.2) is 13.2 Å². The molecule has 190 valence electrons. The minimum atomic E-state index is -4.66. The van der Waals surface area contributed by atoms with Crippen molar-refractivity contribution in [2.24, 2.45) is 5.73 Å². The Balaban J connectivity index is 2.09. The molecule has 3 amide bonds. The van der Waals surface area contributed by atoms with Gasteiger partial charge in [0.05, 0.1) is 22.2 Å². The Labute approximate surface area is 203 Å². The van der Waals surface area contributed by atoms with Crippen LogP contribution in [0.15, 0.2) is 64.3 Å². The lowest BCUT2D eigenvalue weighted by molar-refractivity contribution is -0.137. The lowest BCUT2D eigenvalue weighted by Gasteiger charge is -2.21. The summed E-state index contributed by atoms with van der Waals surface area (Å²) in [7, 11) is -3.55. The second-order valence-corrected chi connectivity index (χ2v) is 9.93. The molecular weight excluding hydrogens is 501 g/mol. The molecule has 1 unspecified atom stereocenters. The van der Waals surface area contributed by atoms with Gasteiger partial charge in [0.1, 0.15) is 5.56 Å². The van der Waals surface area contributed by atoms with Gasteiger partial charge in [0.25, 0.3) is 11.5 Å². The van der Waals surface area contributed by atoms with E-state index in [0.29, 0.717) is 0 Å². The molecule has 0 aliphatic rings. The van der Waals surface area contributed by atoms with Crippen molar-refractivity contribution in [2.75, 3.05) is 11.6 Å². The number of anilines is 1. The fourth-order valence-corrected chi connectivity index (χ4v) is 4.05. The zero-order valence-electron chi connectivity index (χ0n) is 18.9. The second kappa shape index (κ2) is 9.85. The highest BCUT2D eigenvalue weighted by atomic mass is 32.2. The van der Waals surface area contributed by atoms with Crippen LogP contribution in [0.2, 0.25) is 0 Å². The summed E-state index contributed by atoms with van der Waals surface area (Å²) in [5.74, 6) is -0.960.